The number of nitrogens with one attached hydrogen (secondary N) is 2. The quantitative estimate of drug-likeness (QED) is 0.577. The average Bonchev–Trinajstić information content (AvgIpc) is 3.02. The van der Waals surface area contributed by atoms with Crippen LogP contribution in [0.5, 0.6) is 0 Å². The summed E-state index contributed by atoms with van der Waals surface area (Å²) in [7, 11) is 1.78. The summed E-state index contributed by atoms with van der Waals surface area (Å²) in [6, 6.07) is 6.95. The van der Waals surface area contributed by atoms with Crippen LogP contribution < -0.4 is 10.6 Å². The Morgan fingerprint density at radius 2 is 1.79 bits per heavy atom. The van der Waals surface area contributed by atoms with Gasteiger partial charge < -0.3 is 10.6 Å². The Morgan fingerprint density at radius 1 is 1.12 bits per heavy atom. The van der Waals surface area contributed by atoms with Crippen LogP contribution in [-0.4, -0.2) is 34.2 Å². The summed E-state index contributed by atoms with van der Waals surface area (Å²) >= 11 is 2.80. The van der Waals surface area contributed by atoms with E-state index in [1.165, 1.54) is 23.1 Å². The van der Waals surface area contributed by atoms with Crippen LogP contribution in [0.2, 0.25) is 0 Å². The molecule has 6 nitrogen and oxygen atoms in total. The van der Waals surface area contributed by atoms with Gasteiger partial charge in [0.1, 0.15) is 0 Å². The normalized spacial score (nSPS) is 12.0. The Balaban J connectivity index is 1.99. The van der Waals surface area contributed by atoms with E-state index in [4.69, 9.17) is 0 Å². The van der Waals surface area contributed by atoms with Gasteiger partial charge in [0.2, 0.25) is 11.0 Å². The lowest BCUT2D eigenvalue weighted by Gasteiger charge is -2.10. The minimum absolute atomic E-state index is 0.0166. The number of hydrogen-bond donors (Lipinski definition) is 2. The van der Waals surface area contributed by atoms with E-state index in [2.05, 4.69) is 20.8 Å². The van der Waals surface area contributed by atoms with E-state index in [1.807, 2.05) is 20.8 Å². The van der Waals surface area contributed by atoms with Gasteiger partial charge in [0.15, 0.2) is 10.1 Å². The monoisotopic (exact) mass is 364 g/mol. The molecule has 0 aliphatic rings. The van der Waals surface area contributed by atoms with Gasteiger partial charge >= 0.3 is 0 Å². The molecule has 0 aliphatic carbocycles. The fraction of sp³-hybridized carbons (Fsp3) is 0.375. The maximum absolute atomic E-state index is 12.5. The Labute approximate surface area is 149 Å². The molecule has 1 aromatic heterocycles. The highest BCUT2D eigenvalue weighted by molar-refractivity contribution is 8.02. The van der Waals surface area contributed by atoms with Crippen LogP contribution in [0.25, 0.3) is 0 Å². The van der Waals surface area contributed by atoms with Gasteiger partial charge in [-0.15, -0.1) is 10.2 Å². The van der Waals surface area contributed by atoms with Crippen LogP contribution in [0.4, 0.5) is 10.8 Å². The third-order valence-electron chi connectivity index (χ3n) is 3.23. The van der Waals surface area contributed by atoms with Crippen LogP contribution in [0.1, 0.15) is 31.1 Å². The fourth-order valence-corrected chi connectivity index (χ4v) is 3.73. The summed E-state index contributed by atoms with van der Waals surface area (Å²) in [5.74, 6) is -0.116. The number of hydrogen-bond acceptors (Lipinski definition) is 7. The number of carbonyl (C=O) groups is 2. The van der Waals surface area contributed by atoms with Gasteiger partial charge in [0, 0.05) is 24.2 Å². The van der Waals surface area contributed by atoms with Crippen molar-refractivity contribution in [2.75, 3.05) is 17.7 Å². The summed E-state index contributed by atoms with van der Waals surface area (Å²) in [4.78, 5) is 24.2. The molecule has 0 aliphatic heterocycles. The van der Waals surface area contributed by atoms with Gasteiger partial charge in [-0.25, -0.2) is 0 Å². The average molecular weight is 364 g/mol. The van der Waals surface area contributed by atoms with E-state index in [0.29, 0.717) is 11.3 Å². The Hall–Kier alpha value is -1.93. The molecule has 0 saturated heterocycles. The third kappa shape index (κ3) is 4.78. The molecule has 128 valence electrons. The van der Waals surface area contributed by atoms with Crippen molar-refractivity contribution >= 4 is 45.6 Å². The first kappa shape index (κ1) is 18.4. The van der Waals surface area contributed by atoms with Crippen molar-refractivity contribution in [2.45, 2.75) is 30.4 Å². The molecule has 1 atom stereocenters. The number of aromatic nitrogens is 2. The molecule has 1 aromatic carbocycles. The molecular weight excluding hydrogens is 344 g/mol. The van der Waals surface area contributed by atoms with Gasteiger partial charge in [-0.3, -0.25) is 9.59 Å². The standard InChI is InChI=1S/C16H20N4O2S2/c1-9(2)14(22)18-12-7-5-11(6-8-12)13(21)10(3)23-16-20-19-15(17-4)24-16/h5-10H,1-4H3,(H,17,19)(H,18,22)/t10-/m0/s1. The summed E-state index contributed by atoms with van der Waals surface area (Å²) in [5, 5.41) is 14.2. The number of anilines is 2. The number of amides is 1. The van der Waals surface area contributed by atoms with Gasteiger partial charge in [-0.1, -0.05) is 36.9 Å². The zero-order chi connectivity index (χ0) is 17.7. The Bertz CT molecular complexity index is 713. The molecule has 0 saturated carbocycles. The second-order valence-electron chi connectivity index (χ2n) is 5.47. The highest BCUT2D eigenvalue weighted by Crippen LogP contribution is 2.30. The number of rotatable bonds is 7. The van der Waals surface area contributed by atoms with Crippen LogP contribution >= 0.6 is 23.1 Å². The van der Waals surface area contributed by atoms with Crippen molar-refractivity contribution in [3.63, 3.8) is 0 Å². The van der Waals surface area contributed by atoms with Crippen molar-refractivity contribution in [2.24, 2.45) is 5.92 Å². The highest BCUT2D eigenvalue weighted by Gasteiger charge is 2.19. The van der Waals surface area contributed by atoms with E-state index >= 15 is 0 Å². The molecule has 24 heavy (non-hydrogen) atoms. The molecule has 0 spiro atoms. The number of carbonyl (C=O) groups excluding carboxylic acids is 2. The van der Waals surface area contributed by atoms with Crippen molar-refractivity contribution in [3.05, 3.63) is 29.8 Å². The molecule has 0 unspecified atom stereocenters. The Morgan fingerprint density at radius 3 is 2.33 bits per heavy atom. The summed E-state index contributed by atoms with van der Waals surface area (Å²) in [6.45, 7) is 5.51. The van der Waals surface area contributed by atoms with Crippen LogP contribution in [0.15, 0.2) is 28.6 Å². The van der Waals surface area contributed by atoms with Crippen molar-refractivity contribution in [3.8, 4) is 0 Å². The van der Waals surface area contributed by atoms with E-state index in [9.17, 15) is 9.59 Å². The molecule has 0 radical (unpaired) electrons. The molecule has 8 heteroatoms. The molecule has 1 amide bonds. The number of nitrogens with zero attached hydrogens (tertiary/aromatic N) is 2. The minimum Gasteiger partial charge on any atom is -0.363 e. The first-order valence-corrected chi connectivity index (χ1v) is 9.23. The van der Waals surface area contributed by atoms with Gasteiger partial charge in [0.05, 0.1) is 5.25 Å². The number of thioether (sulfide) groups is 1. The lowest BCUT2D eigenvalue weighted by atomic mass is 10.1. The number of Topliss-reactive ketones (excluding diaryl/α,β-unsaturated/α-hetero) is 1. The summed E-state index contributed by atoms with van der Waals surface area (Å²) in [5.41, 5.74) is 1.30. The maximum atomic E-state index is 12.5. The molecular formula is C16H20N4O2S2. The SMILES string of the molecule is CNc1nnc(S[C@@H](C)C(=O)c2ccc(NC(=O)C(C)C)cc2)s1. The predicted octanol–water partition coefficient (Wildman–Crippen LogP) is 3.54. The van der Waals surface area contributed by atoms with Gasteiger partial charge in [0.25, 0.3) is 0 Å². The van der Waals surface area contributed by atoms with E-state index in [0.717, 1.165) is 9.47 Å². The second kappa shape index (κ2) is 8.25. The van der Waals surface area contributed by atoms with Crippen LogP contribution in [-0.2, 0) is 4.79 Å². The van der Waals surface area contributed by atoms with Crippen LogP contribution in [0, 0.1) is 5.92 Å². The summed E-state index contributed by atoms with van der Waals surface area (Å²) < 4.78 is 0.751. The number of ketones is 1. The highest BCUT2D eigenvalue weighted by atomic mass is 32.2. The predicted molar refractivity (Wildman–Crippen MR) is 99.0 cm³/mol. The van der Waals surface area contributed by atoms with Crippen molar-refractivity contribution < 1.29 is 9.59 Å². The van der Waals surface area contributed by atoms with Crippen LogP contribution in [0.3, 0.4) is 0 Å². The first-order chi connectivity index (χ1) is 11.4. The zero-order valence-electron chi connectivity index (χ0n) is 14.0. The van der Waals surface area contributed by atoms with E-state index < -0.39 is 0 Å². The maximum Gasteiger partial charge on any atom is 0.226 e. The number of benzene rings is 1. The molecule has 1 heterocycles. The lowest BCUT2D eigenvalue weighted by Crippen LogP contribution is -2.18. The van der Waals surface area contributed by atoms with Gasteiger partial charge in [-0.2, -0.15) is 0 Å². The molecule has 0 bridgehead atoms. The van der Waals surface area contributed by atoms with E-state index in [-0.39, 0.29) is 22.9 Å². The second-order valence-corrected chi connectivity index (χ2v) is 8.03. The zero-order valence-corrected chi connectivity index (χ0v) is 15.6. The topological polar surface area (TPSA) is 84.0 Å². The molecule has 2 N–H and O–H groups in total. The lowest BCUT2D eigenvalue weighted by molar-refractivity contribution is -0.118. The largest absolute Gasteiger partial charge is 0.363 e. The van der Waals surface area contributed by atoms with Crippen molar-refractivity contribution in [1.29, 1.82) is 0 Å². The minimum atomic E-state index is -0.265. The van der Waals surface area contributed by atoms with Crippen molar-refractivity contribution in [1.82, 2.24) is 10.2 Å². The first-order valence-electron chi connectivity index (χ1n) is 7.53. The smallest absolute Gasteiger partial charge is 0.226 e. The van der Waals surface area contributed by atoms with E-state index in [1.54, 1.807) is 31.3 Å². The molecule has 2 aromatic rings. The van der Waals surface area contributed by atoms with Gasteiger partial charge in [-0.05, 0) is 31.2 Å². The summed E-state index contributed by atoms with van der Waals surface area (Å²) in [6.07, 6.45) is 0. The third-order valence-corrected chi connectivity index (χ3v) is 5.35. The Kier molecular flexibility index (Phi) is 6.33. The molecule has 2 rings (SSSR count). The molecule has 0 fully saturated rings. The fourth-order valence-electron chi connectivity index (χ4n) is 1.80.